The maximum atomic E-state index is 11.9. The van der Waals surface area contributed by atoms with Crippen molar-refractivity contribution in [1.29, 1.82) is 0 Å². The van der Waals surface area contributed by atoms with E-state index in [2.05, 4.69) is 10.0 Å². The van der Waals surface area contributed by atoms with Crippen molar-refractivity contribution in [2.24, 2.45) is 5.92 Å². The zero-order valence-electron chi connectivity index (χ0n) is 9.04. The van der Waals surface area contributed by atoms with E-state index in [0.29, 0.717) is 12.5 Å². The molecule has 1 heterocycles. The maximum Gasteiger partial charge on any atom is 0.214 e. The highest BCUT2D eigenvalue weighted by atomic mass is 32.2. The second-order valence-corrected chi connectivity index (χ2v) is 6.70. The fourth-order valence-electron chi connectivity index (χ4n) is 2.44. The number of hydrogen-bond acceptors (Lipinski definition) is 3. The van der Waals surface area contributed by atoms with E-state index in [9.17, 15) is 8.42 Å². The molecular formula is C10H20N2O2S. The van der Waals surface area contributed by atoms with E-state index in [-0.39, 0.29) is 5.25 Å². The largest absolute Gasteiger partial charge is 0.316 e. The molecule has 0 aromatic carbocycles. The zero-order valence-corrected chi connectivity index (χ0v) is 9.85. The molecule has 0 spiro atoms. The number of hydrogen-bond donors (Lipinski definition) is 2. The second-order valence-electron chi connectivity index (χ2n) is 4.66. The fraction of sp³-hybridized carbons (Fsp3) is 1.00. The molecule has 2 fully saturated rings. The lowest BCUT2D eigenvalue weighted by Gasteiger charge is -2.14. The lowest BCUT2D eigenvalue weighted by Crippen LogP contribution is -2.36. The average Bonchev–Trinajstić information content (AvgIpc) is 2.88. The molecule has 1 atom stereocenters. The Kier molecular flexibility index (Phi) is 3.64. The summed E-state index contributed by atoms with van der Waals surface area (Å²) in [7, 11) is -3.03. The van der Waals surface area contributed by atoms with Crippen molar-refractivity contribution in [3.05, 3.63) is 0 Å². The summed E-state index contributed by atoms with van der Waals surface area (Å²) in [5.41, 5.74) is 0. The minimum absolute atomic E-state index is 0.119. The van der Waals surface area contributed by atoms with Crippen LogP contribution in [0.15, 0.2) is 0 Å². The smallest absolute Gasteiger partial charge is 0.214 e. The molecule has 2 N–H and O–H groups in total. The fourth-order valence-corrected chi connectivity index (χ4v) is 4.10. The minimum Gasteiger partial charge on any atom is -0.316 e. The van der Waals surface area contributed by atoms with E-state index in [4.69, 9.17) is 0 Å². The van der Waals surface area contributed by atoms with Crippen LogP contribution < -0.4 is 10.0 Å². The van der Waals surface area contributed by atoms with Crippen LogP contribution in [0.3, 0.4) is 0 Å². The topological polar surface area (TPSA) is 58.2 Å². The standard InChI is InChI=1S/C10H20N2O2S/c13-15(14,10-3-1-2-4-10)12-8-9-5-6-11-7-9/h9-12H,1-8H2. The van der Waals surface area contributed by atoms with Gasteiger partial charge in [0, 0.05) is 6.54 Å². The highest BCUT2D eigenvalue weighted by Crippen LogP contribution is 2.24. The third-order valence-electron chi connectivity index (χ3n) is 3.48. The summed E-state index contributed by atoms with van der Waals surface area (Å²) in [6.45, 7) is 2.59. The highest BCUT2D eigenvalue weighted by Gasteiger charge is 2.29. The highest BCUT2D eigenvalue weighted by molar-refractivity contribution is 7.90. The van der Waals surface area contributed by atoms with Crippen LogP contribution >= 0.6 is 0 Å². The Labute approximate surface area is 91.9 Å². The third kappa shape index (κ3) is 2.92. The summed E-state index contributed by atoms with van der Waals surface area (Å²) in [6, 6.07) is 0. The van der Waals surface area contributed by atoms with Gasteiger partial charge in [-0.25, -0.2) is 13.1 Å². The van der Waals surface area contributed by atoms with Gasteiger partial charge in [-0.05, 0) is 38.3 Å². The van der Waals surface area contributed by atoms with E-state index in [0.717, 1.165) is 45.2 Å². The zero-order chi connectivity index (χ0) is 10.7. The van der Waals surface area contributed by atoms with Gasteiger partial charge in [0.25, 0.3) is 0 Å². The van der Waals surface area contributed by atoms with Crippen molar-refractivity contribution in [3.63, 3.8) is 0 Å². The molecule has 0 aromatic rings. The Balaban J connectivity index is 1.81. The van der Waals surface area contributed by atoms with Crippen LogP contribution in [0.4, 0.5) is 0 Å². The van der Waals surface area contributed by atoms with Gasteiger partial charge in [0.15, 0.2) is 0 Å². The van der Waals surface area contributed by atoms with Gasteiger partial charge in [-0.2, -0.15) is 0 Å². The van der Waals surface area contributed by atoms with E-state index >= 15 is 0 Å². The van der Waals surface area contributed by atoms with Gasteiger partial charge in [-0.1, -0.05) is 12.8 Å². The summed E-state index contributed by atoms with van der Waals surface area (Å²) >= 11 is 0. The van der Waals surface area contributed by atoms with Gasteiger partial charge >= 0.3 is 0 Å². The van der Waals surface area contributed by atoms with E-state index < -0.39 is 10.0 Å². The third-order valence-corrected chi connectivity index (χ3v) is 5.39. The Morgan fingerprint density at radius 2 is 1.93 bits per heavy atom. The predicted octanol–water partition coefficient (Wildman–Crippen LogP) is 0.458. The van der Waals surface area contributed by atoms with Crippen molar-refractivity contribution in [1.82, 2.24) is 10.0 Å². The van der Waals surface area contributed by atoms with Crippen LogP contribution in [0.5, 0.6) is 0 Å². The molecule has 1 unspecified atom stereocenters. The summed E-state index contributed by atoms with van der Waals surface area (Å²) in [5, 5.41) is 3.12. The Morgan fingerprint density at radius 3 is 2.53 bits per heavy atom. The van der Waals surface area contributed by atoms with Crippen LogP contribution in [0.25, 0.3) is 0 Å². The monoisotopic (exact) mass is 232 g/mol. The molecule has 1 saturated heterocycles. The van der Waals surface area contributed by atoms with Gasteiger partial charge in [0.1, 0.15) is 0 Å². The first kappa shape index (κ1) is 11.4. The van der Waals surface area contributed by atoms with Crippen molar-refractivity contribution < 1.29 is 8.42 Å². The van der Waals surface area contributed by atoms with E-state index in [1.54, 1.807) is 0 Å². The van der Waals surface area contributed by atoms with Gasteiger partial charge in [-0.3, -0.25) is 0 Å². The van der Waals surface area contributed by atoms with Crippen LogP contribution in [-0.2, 0) is 10.0 Å². The van der Waals surface area contributed by atoms with Crippen molar-refractivity contribution >= 4 is 10.0 Å². The first-order valence-corrected chi connectivity index (χ1v) is 7.42. The quantitative estimate of drug-likeness (QED) is 0.740. The Morgan fingerprint density at radius 1 is 1.20 bits per heavy atom. The van der Waals surface area contributed by atoms with Gasteiger partial charge in [0.2, 0.25) is 10.0 Å². The number of nitrogens with one attached hydrogen (secondary N) is 2. The second kappa shape index (κ2) is 4.80. The van der Waals surface area contributed by atoms with Crippen LogP contribution in [0.2, 0.25) is 0 Å². The summed E-state index contributed by atoms with van der Waals surface area (Å²) in [4.78, 5) is 0. The summed E-state index contributed by atoms with van der Waals surface area (Å²) in [6.07, 6.45) is 4.91. The lowest BCUT2D eigenvalue weighted by molar-refractivity contribution is 0.529. The summed E-state index contributed by atoms with van der Waals surface area (Å²) < 4.78 is 26.5. The predicted molar refractivity (Wildman–Crippen MR) is 60.2 cm³/mol. The number of sulfonamides is 1. The lowest BCUT2D eigenvalue weighted by atomic mass is 10.1. The van der Waals surface area contributed by atoms with Gasteiger partial charge in [-0.15, -0.1) is 0 Å². The van der Waals surface area contributed by atoms with E-state index in [1.807, 2.05) is 0 Å². The SMILES string of the molecule is O=S(=O)(NCC1CCNC1)C1CCCC1. The van der Waals surface area contributed by atoms with E-state index in [1.165, 1.54) is 0 Å². The van der Waals surface area contributed by atoms with Gasteiger partial charge < -0.3 is 5.32 Å². The molecule has 4 nitrogen and oxygen atoms in total. The molecule has 0 radical (unpaired) electrons. The first-order valence-electron chi connectivity index (χ1n) is 5.88. The summed E-state index contributed by atoms with van der Waals surface area (Å²) in [5.74, 6) is 0.487. The molecule has 2 rings (SSSR count). The van der Waals surface area contributed by atoms with Crippen LogP contribution in [0, 0.1) is 5.92 Å². The number of rotatable bonds is 4. The average molecular weight is 232 g/mol. The van der Waals surface area contributed by atoms with Crippen LogP contribution in [-0.4, -0.2) is 33.3 Å². The molecular weight excluding hydrogens is 212 g/mol. The molecule has 1 aliphatic heterocycles. The molecule has 1 saturated carbocycles. The van der Waals surface area contributed by atoms with Crippen LogP contribution in [0.1, 0.15) is 32.1 Å². The normalized spacial score (nSPS) is 28.7. The van der Waals surface area contributed by atoms with Gasteiger partial charge in [0.05, 0.1) is 5.25 Å². The minimum atomic E-state index is -3.03. The molecule has 88 valence electrons. The Hall–Kier alpha value is -0.130. The van der Waals surface area contributed by atoms with Crippen molar-refractivity contribution in [2.75, 3.05) is 19.6 Å². The first-order chi connectivity index (χ1) is 7.18. The molecule has 0 bridgehead atoms. The van der Waals surface area contributed by atoms with Crippen molar-refractivity contribution in [3.8, 4) is 0 Å². The molecule has 5 heteroatoms. The maximum absolute atomic E-state index is 11.9. The molecule has 1 aliphatic carbocycles. The molecule has 0 amide bonds. The molecule has 0 aromatic heterocycles. The Bertz CT molecular complexity index is 291. The van der Waals surface area contributed by atoms with Crippen molar-refractivity contribution in [2.45, 2.75) is 37.4 Å². The molecule has 2 aliphatic rings. The molecule has 15 heavy (non-hydrogen) atoms.